The van der Waals surface area contributed by atoms with Crippen LogP contribution in [0.5, 0.6) is 0 Å². The number of fused-ring (bicyclic) bond motifs is 3. The lowest BCUT2D eigenvalue weighted by Crippen LogP contribution is -2.48. The molecule has 3 aliphatic heterocycles. The zero-order chi connectivity index (χ0) is 99.6. The van der Waals surface area contributed by atoms with E-state index in [1.165, 1.54) is 141 Å². The molecule has 27 nitrogen and oxygen atoms in total. The molecule has 3 amide bonds. The van der Waals surface area contributed by atoms with Crippen LogP contribution in [-0.2, 0) is 118 Å². The molecule has 0 radical (unpaired) electrons. The fraction of sp³-hybridized carbons (Fsp3) is 0.306. The first kappa shape index (κ1) is 101. The molecule has 6 heterocycles. The van der Waals surface area contributed by atoms with Gasteiger partial charge in [0.15, 0.2) is 46.7 Å². The van der Waals surface area contributed by atoms with Crippen LogP contribution < -0.4 is 0 Å². The van der Waals surface area contributed by atoms with Crippen molar-refractivity contribution in [1.29, 1.82) is 0 Å². The van der Waals surface area contributed by atoms with E-state index in [1.54, 1.807) is 113 Å². The van der Waals surface area contributed by atoms with Crippen molar-refractivity contribution in [2.75, 3.05) is 38.6 Å². The lowest BCUT2D eigenvalue weighted by atomic mass is 9.85. The predicted molar refractivity (Wildman–Crippen MR) is 505 cm³/mol. The van der Waals surface area contributed by atoms with Gasteiger partial charge in [-0.3, -0.25) is 43.1 Å². The number of aromatic nitrogens is 6. The van der Waals surface area contributed by atoms with Crippen LogP contribution in [0, 0.1) is 30.3 Å². The number of nitrogens with zero attached hydrogens (tertiary/aromatic N) is 9. The number of hydrogen-bond acceptors (Lipinski definition) is 21. The van der Waals surface area contributed by atoms with Crippen molar-refractivity contribution in [3.05, 3.63) is 349 Å². The summed E-state index contributed by atoms with van der Waals surface area (Å²) in [5.41, 5.74) is -12.2. The minimum atomic E-state index is -3.81. The molecular formula is C98H92Cl6F3N9O18S3. The Morgan fingerprint density at radius 2 is 0.584 bits per heavy atom. The van der Waals surface area contributed by atoms with Crippen LogP contribution in [0.1, 0.15) is 174 Å². The summed E-state index contributed by atoms with van der Waals surface area (Å²) in [6.07, 6.45) is 22.9. The first-order chi connectivity index (χ1) is 64.1. The highest BCUT2D eigenvalue weighted by atomic mass is 35.5. The highest BCUT2D eigenvalue weighted by Gasteiger charge is 2.61. The van der Waals surface area contributed by atoms with Gasteiger partial charge in [-0.05, 0) is 202 Å². The Balaban J connectivity index is 0.000000155. The molecule has 0 saturated heterocycles. The van der Waals surface area contributed by atoms with Gasteiger partial charge in [-0.1, -0.05) is 124 Å². The molecule has 0 spiro atoms. The molecule has 3 aliphatic carbocycles. The monoisotopic (exact) mass is 2050 g/mol. The van der Waals surface area contributed by atoms with Crippen LogP contribution in [0.4, 0.5) is 13.2 Å². The number of carbonyl (C=O) groups excluding carboxylic acids is 3. The summed E-state index contributed by atoms with van der Waals surface area (Å²) in [6, 6.07) is 39.5. The quantitative estimate of drug-likeness (QED) is 0.0260. The van der Waals surface area contributed by atoms with E-state index in [9.17, 15) is 70.3 Å². The van der Waals surface area contributed by atoms with Gasteiger partial charge in [0.05, 0.1) is 123 Å². The van der Waals surface area contributed by atoms with Crippen LogP contribution in [0.25, 0.3) is 0 Å². The average Bonchev–Trinajstić information content (AvgIpc) is 1.60. The highest BCUT2D eigenvalue weighted by molar-refractivity contribution is 7.91. The second-order valence-electron chi connectivity index (χ2n) is 35.8. The smallest absolute Gasteiger partial charge is 0.257 e. The number of benzene rings is 9. The number of halogens is 9. The van der Waals surface area contributed by atoms with Gasteiger partial charge < -0.3 is 44.8 Å². The van der Waals surface area contributed by atoms with Crippen molar-refractivity contribution in [3.8, 4) is 12.8 Å². The van der Waals surface area contributed by atoms with E-state index in [0.29, 0.717) is 87.0 Å². The van der Waals surface area contributed by atoms with Crippen LogP contribution in [0.15, 0.2) is 216 Å². The Labute approximate surface area is 818 Å². The Morgan fingerprint density at radius 3 is 0.781 bits per heavy atom. The number of aliphatic hydroxyl groups is 6. The van der Waals surface area contributed by atoms with Crippen molar-refractivity contribution in [1.82, 2.24) is 44.0 Å². The van der Waals surface area contributed by atoms with E-state index in [1.807, 2.05) is 0 Å². The SMILES string of the molecule is C#C.Cn1cc(C(C)(O)c2cc(F)c3c(c2)C(=O)N(Cc2ccc(Cl)cc2S(C)(=O)=O)[C@@]3(OCC2(O)CC2)c2ccc(Cl)cc2)cn1.Cn1cc([C@@](C)(O)c2cc(F)c3c(c2)C(=O)N(Cc2ccc(Cl)cc2S(C)(=O)=O)[C@@]3(OCC2(O)CC2)c2ccc(Cl)cc2)cn1.Cn1cc([C@](C)(O)c2cc(F)c3c(c2)C(=O)N(Cc2ccc(Cl)cc2S(C)(=O)=O)[C@@]3(OCC2(O)CC2)c2ccc(Cl)cc2)cn1. The van der Waals surface area contributed by atoms with Gasteiger partial charge in [0.25, 0.3) is 17.7 Å². The van der Waals surface area contributed by atoms with E-state index < -0.39 is 115 Å². The first-order valence-electron chi connectivity index (χ1n) is 42.5. The molecule has 39 heteroatoms. The van der Waals surface area contributed by atoms with Gasteiger partial charge in [0, 0.05) is 122 Å². The van der Waals surface area contributed by atoms with Crippen LogP contribution in [0.3, 0.4) is 0 Å². The second kappa shape index (κ2) is 37.0. The molecule has 718 valence electrons. The maximum absolute atomic E-state index is 16.7. The third-order valence-corrected chi connectivity index (χ3v) is 30.4. The molecule has 1 unspecified atom stereocenters. The molecule has 6 atom stereocenters. The summed E-state index contributed by atoms with van der Waals surface area (Å²) in [6.45, 7) is 2.69. The predicted octanol–water partition coefficient (Wildman–Crippen LogP) is 15.0. The molecule has 12 aromatic rings. The lowest BCUT2D eigenvalue weighted by Gasteiger charge is -2.40. The Morgan fingerprint density at radius 1 is 0.365 bits per heavy atom. The summed E-state index contributed by atoms with van der Waals surface area (Å²) in [4.78, 5) is 47.0. The van der Waals surface area contributed by atoms with E-state index >= 15 is 13.2 Å². The van der Waals surface area contributed by atoms with Gasteiger partial charge in [0.1, 0.15) is 34.3 Å². The van der Waals surface area contributed by atoms with Crippen molar-refractivity contribution < 1.29 is 97.7 Å². The number of rotatable bonds is 27. The normalized spacial score (nSPS) is 20.0. The third kappa shape index (κ3) is 19.5. The van der Waals surface area contributed by atoms with Crippen LogP contribution in [-0.4, -0.2) is 173 Å². The summed E-state index contributed by atoms with van der Waals surface area (Å²) in [5, 5.41) is 81.2. The fourth-order valence-electron chi connectivity index (χ4n) is 17.3. The largest absolute Gasteiger partial charge is 0.387 e. The molecule has 3 fully saturated rings. The van der Waals surface area contributed by atoms with Crippen molar-refractivity contribution in [2.45, 2.75) is 144 Å². The Bertz CT molecular complexity index is 6550. The molecular weight excluding hydrogens is 1960 g/mol. The molecule has 18 rings (SSSR count). The van der Waals surface area contributed by atoms with Gasteiger partial charge >= 0.3 is 0 Å². The maximum atomic E-state index is 16.7. The molecule has 9 aromatic carbocycles. The van der Waals surface area contributed by atoms with E-state index in [2.05, 4.69) is 28.1 Å². The molecule has 6 aliphatic rings. The van der Waals surface area contributed by atoms with Crippen molar-refractivity contribution >= 4 is 117 Å². The van der Waals surface area contributed by atoms with E-state index in [4.69, 9.17) is 83.8 Å². The minimum absolute atomic E-state index is 0.0936. The van der Waals surface area contributed by atoms with Crippen molar-refractivity contribution in [2.24, 2.45) is 21.1 Å². The van der Waals surface area contributed by atoms with Gasteiger partial charge in [-0.15, -0.1) is 12.8 Å². The van der Waals surface area contributed by atoms with Crippen molar-refractivity contribution in [3.63, 3.8) is 0 Å². The van der Waals surface area contributed by atoms with Gasteiger partial charge in [0.2, 0.25) is 0 Å². The first-order valence-corrected chi connectivity index (χ1v) is 50.4. The third-order valence-electron chi connectivity index (χ3n) is 25.5. The molecule has 6 N–H and O–H groups in total. The lowest BCUT2D eigenvalue weighted by molar-refractivity contribution is -0.139. The average molecular weight is 2050 g/mol. The summed E-state index contributed by atoms with van der Waals surface area (Å²) < 4.78 is 151. The number of sulfone groups is 3. The number of amides is 3. The Kier molecular flexibility index (Phi) is 27.3. The number of hydrogen-bond donors (Lipinski definition) is 6. The number of aryl methyl sites for hydroxylation is 3. The summed E-state index contributed by atoms with van der Waals surface area (Å²) >= 11 is 37.1. The molecule has 3 saturated carbocycles. The second-order valence-corrected chi connectivity index (χ2v) is 44.4. The maximum Gasteiger partial charge on any atom is 0.257 e. The summed E-state index contributed by atoms with van der Waals surface area (Å²) in [7, 11) is -6.41. The highest BCUT2D eigenvalue weighted by Crippen LogP contribution is 2.56. The topological polar surface area (TPSA) is 366 Å². The fourth-order valence-corrected chi connectivity index (χ4v) is 21.2. The minimum Gasteiger partial charge on any atom is -0.387 e. The number of terminal acetylenes is 1. The van der Waals surface area contributed by atoms with Gasteiger partial charge in [-0.2, -0.15) is 15.3 Å². The van der Waals surface area contributed by atoms with Crippen LogP contribution >= 0.6 is 69.6 Å². The summed E-state index contributed by atoms with van der Waals surface area (Å²) in [5.74, 6) is -4.58. The van der Waals surface area contributed by atoms with Crippen LogP contribution in [0.2, 0.25) is 30.1 Å². The number of ether oxygens (including phenoxy) is 3. The number of carbonyl (C=O) groups is 3. The molecule has 137 heavy (non-hydrogen) atoms. The Hall–Kier alpha value is -10.4. The molecule has 3 aromatic heterocycles. The zero-order valence-corrected chi connectivity index (χ0v) is 81.9. The van der Waals surface area contributed by atoms with E-state index in [-0.39, 0.29) is 136 Å². The van der Waals surface area contributed by atoms with E-state index in [0.717, 1.165) is 37.0 Å². The standard InChI is InChI=1S/3C32H30Cl2FN3O6S.C2H2/c3*1-30(40,22-15-36-37(2)17-22)21-12-25-28(26(35)13-21)32(44-18-31(41)10-11-31,20-5-8-23(33)9-6-20)38(29(25)39)16-19-4-7-24(34)14-27(19)45(3,42)43;1-2/h3*4-9,12-15,17,40-41H,10-11,16,18H2,1-3H3;1-2H/t30?,32-;30-,32+;30-,32-;/m101./s1. The molecule has 0 bridgehead atoms. The zero-order valence-electron chi connectivity index (χ0n) is 74.9. The van der Waals surface area contributed by atoms with Gasteiger partial charge in [-0.25, -0.2) is 38.4 Å².